The maximum Gasteiger partial charge on any atom is 0.0384 e. The summed E-state index contributed by atoms with van der Waals surface area (Å²) in [5.74, 6) is 0.576. The molecule has 0 aromatic heterocycles. The van der Waals surface area contributed by atoms with Gasteiger partial charge >= 0.3 is 0 Å². The van der Waals surface area contributed by atoms with E-state index in [1.807, 2.05) is 24.3 Å². The molecule has 88 valence electrons. The molecule has 1 nitrogen and oxygen atoms in total. The first-order valence-electron chi connectivity index (χ1n) is 5.81. The first kappa shape index (κ1) is 12.1. The number of nitrogens with one attached hydrogen (secondary N) is 1. The minimum Gasteiger partial charge on any atom is -0.356 e. The predicted octanol–water partition coefficient (Wildman–Crippen LogP) is 4.84. The molecule has 2 heteroatoms. The van der Waals surface area contributed by atoms with E-state index in [2.05, 4.69) is 56.1 Å². The Kier molecular flexibility index (Phi) is 3.75. The number of anilines is 2. The van der Waals surface area contributed by atoms with Crippen LogP contribution in [0.5, 0.6) is 0 Å². The summed E-state index contributed by atoms with van der Waals surface area (Å²) >= 11 is 4.27. The van der Waals surface area contributed by atoms with Crippen LogP contribution in [0.25, 0.3) is 0 Å². The highest BCUT2D eigenvalue weighted by atomic mass is 32.1. The van der Waals surface area contributed by atoms with Gasteiger partial charge < -0.3 is 5.32 Å². The van der Waals surface area contributed by atoms with Gasteiger partial charge in [0.25, 0.3) is 0 Å². The first-order chi connectivity index (χ1) is 8.15. The van der Waals surface area contributed by atoms with Gasteiger partial charge in [0.05, 0.1) is 0 Å². The van der Waals surface area contributed by atoms with Gasteiger partial charge in [-0.3, -0.25) is 0 Å². The summed E-state index contributed by atoms with van der Waals surface area (Å²) in [5.41, 5.74) is 3.56. The van der Waals surface area contributed by atoms with Gasteiger partial charge in [0, 0.05) is 16.3 Å². The molecule has 0 radical (unpaired) electrons. The van der Waals surface area contributed by atoms with Crippen molar-refractivity contribution >= 4 is 24.0 Å². The summed E-state index contributed by atoms with van der Waals surface area (Å²) in [4.78, 5) is 0.978. The fourth-order valence-corrected chi connectivity index (χ4v) is 1.81. The second-order valence-electron chi connectivity index (χ2n) is 4.45. The minimum absolute atomic E-state index is 0.576. The maximum atomic E-state index is 4.27. The van der Waals surface area contributed by atoms with Crippen molar-refractivity contribution < 1.29 is 0 Å². The summed E-state index contributed by atoms with van der Waals surface area (Å²) < 4.78 is 0. The van der Waals surface area contributed by atoms with E-state index < -0.39 is 0 Å². The van der Waals surface area contributed by atoms with Crippen molar-refractivity contribution in [2.24, 2.45) is 0 Å². The average Bonchev–Trinajstić information content (AvgIpc) is 2.33. The van der Waals surface area contributed by atoms with Gasteiger partial charge in [-0.25, -0.2) is 0 Å². The third-order valence-electron chi connectivity index (χ3n) is 2.73. The molecule has 0 unspecified atom stereocenters. The van der Waals surface area contributed by atoms with E-state index in [1.165, 1.54) is 5.56 Å². The molecular weight excluding hydrogens is 226 g/mol. The van der Waals surface area contributed by atoms with Crippen molar-refractivity contribution in [3.05, 3.63) is 54.1 Å². The topological polar surface area (TPSA) is 12.0 Å². The zero-order chi connectivity index (χ0) is 12.3. The fraction of sp³-hybridized carbons (Fsp3) is 0.200. The average molecular weight is 243 g/mol. The quantitative estimate of drug-likeness (QED) is 0.735. The van der Waals surface area contributed by atoms with Crippen LogP contribution in [0.2, 0.25) is 0 Å². The zero-order valence-corrected chi connectivity index (χ0v) is 11.0. The molecule has 0 aliphatic carbocycles. The van der Waals surface area contributed by atoms with Crippen LogP contribution in [0.15, 0.2) is 53.4 Å². The van der Waals surface area contributed by atoms with Crippen LogP contribution in [-0.2, 0) is 0 Å². The van der Waals surface area contributed by atoms with Crippen LogP contribution in [0.3, 0.4) is 0 Å². The van der Waals surface area contributed by atoms with Crippen LogP contribution < -0.4 is 5.32 Å². The van der Waals surface area contributed by atoms with Gasteiger partial charge in [-0.05, 0) is 47.9 Å². The molecule has 0 amide bonds. The van der Waals surface area contributed by atoms with E-state index in [1.54, 1.807) is 0 Å². The Morgan fingerprint density at radius 2 is 1.29 bits per heavy atom. The molecule has 0 spiro atoms. The highest BCUT2D eigenvalue weighted by molar-refractivity contribution is 7.80. The van der Waals surface area contributed by atoms with Crippen LogP contribution in [0.1, 0.15) is 25.3 Å². The summed E-state index contributed by atoms with van der Waals surface area (Å²) in [6.07, 6.45) is 0. The second-order valence-corrected chi connectivity index (χ2v) is 4.96. The Hall–Kier alpha value is -1.41. The molecule has 17 heavy (non-hydrogen) atoms. The van der Waals surface area contributed by atoms with E-state index in [-0.39, 0.29) is 0 Å². The van der Waals surface area contributed by atoms with Gasteiger partial charge in [-0.2, -0.15) is 0 Å². The van der Waals surface area contributed by atoms with Crippen LogP contribution >= 0.6 is 12.6 Å². The van der Waals surface area contributed by atoms with Crippen molar-refractivity contribution in [2.45, 2.75) is 24.7 Å². The van der Waals surface area contributed by atoms with Crippen molar-refractivity contribution in [1.29, 1.82) is 0 Å². The largest absolute Gasteiger partial charge is 0.356 e. The Bertz CT molecular complexity index is 471. The third-order valence-corrected chi connectivity index (χ3v) is 3.03. The molecule has 0 aliphatic heterocycles. The Balaban J connectivity index is 2.11. The van der Waals surface area contributed by atoms with E-state index in [9.17, 15) is 0 Å². The van der Waals surface area contributed by atoms with Crippen molar-refractivity contribution in [2.75, 3.05) is 5.32 Å². The molecule has 0 fully saturated rings. The standard InChI is InChI=1S/C15H17NS/c1-11(2)12-3-5-13(6-4-12)16-14-7-9-15(17)10-8-14/h3-11,16-17H,1-2H3. The van der Waals surface area contributed by atoms with Crippen LogP contribution in [0, 0.1) is 0 Å². The summed E-state index contributed by atoms with van der Waals surface area (Å²) in [6, 6.07) is 16.6. The molecule has 0 heterocycles. The van der Waals surface area contributed by atoms with Crippen molar-refractivity contribution in [3.8, 4) is 0 Å². The summed E-state index contributed by atoms with van der Waals surface area (Å²) in [7, 11) is 0. The maximum absolute atomic E-state index is 4.27. The van der Waals surface area contributed by atoms with Gasteiger partial charge in [-0.15, -0.1) is 12.6 Å². The van der Waals surface area contributed by atoms with E-state index in [4.69, 9.17) is 0 Å². The summed E-state index contributed by atoms with van der Waals surface area (Å²) in [5, 5.41) is 3.36. The van der Waals surface area contributed by atoms with Crippen LogP contribution in [0.4, 0.5) is 11.4 Å². The highest BCUT2D eigenvalue weighted by Crippen LogP contribution is 2.21. The monoisotopic (exact) mass is 243 g/mol. The van der Waals surface area contributed by atoms with Gasteiger partial charge in [0.1, 0.15) is 0 Å². The molecule has 0 atom stereocenters. The lowest BCUT2D eigenvalue weighted by Gasteiger charge is -2.09. The highest BCUT2D eigenvalue weighted by Gasteiger charge is 1.99. The minimum atomic E-state index is 0.576. The normalized spacial score (nSPS) is 10.6. The van der Waals surface area contributed by atoms with Gasteiger partial charge in [-0.1, -0.05) is 26.0 Å². The molecule has 0 aliphatic rings. The molecule has 1 N–H and O–H groups in total. The molecule has 2 aromatic rings. The fourth-order valence-electron chi connectivity index (χ4n) is 1.66. The number of rotatable bonds is 3. The lowest BCUT2D eigenvalue weighted by atomic mass is 10.0. The van der Waals surface area contributed by atoms with E-state index in [0.717, 1.165) is 16.3 Å². The molecule has 2 aromatic carbocycles. The van der Waals surface area contributed by atoms with Gasteiger partial charge in [0.15, 0.2) is 0 Å². The van der Waals surface area contributed by atoms with Gasteiger partial charge in [0.2, 0.25) is 0 Å². The van der Waals surface area contributed by atoms with E-state index >= 15 is 0 Å². The number of hydrogen-bond donors (Lipinski definition) is 2. The smallest absolute Gasteiger partial charge is 0.0384 e. The molecule has 0 saturated carbocycles. The number of thiol groups is 1. The molecule has 0 saturated heterocycles. The number of hydrogen-bond acceptors (Lipinski definition) is 2. The Labute approximate surface area is 108 Å². The van der Waals surface area contributed by atoms with Crippen LogP contribution in [-0.4, -0.2) is 0 Å². The number of benzene rings is 2. The molecule has 2 rings (SSSR count). The molecular formula is C15H17NS. The van der Waals surface area contributed by atoms with Crippen molar-refractivity contribution in [3.63, 3.8) is 0 Å². The SMILES string of the molecule is CC(C)c1ccc(Nc2ccc(S)cc2)cc1. The lowest BCUT2D eigenvalue weighted by molar-refractivity contribution is 0.867. The van der Waals surface area contributed by atoms with E-state index in [0.29, 0.717) is 5.92 Å². The lowest BCUT2D eigenvalue weighted by Crippen LogP contribution is -1.91. The summed E-state index contributed by atoms with van der Waals surface area (Å²) in [6.45, 7) is 4.40. The predicted molar refractivity (Wildman–Crippen MR) is 77.5 cm³/mol. The Morgan fingerprint density at radius 3 is 1.76 bits per heavy atom. The first-order valence-corrected chi connectivity index (χ1v) is 6.26. The van der Waals surface area contributed by atoms with Crippen molar-refractivity contribution in [1.82, 2.24) is 0 Å². The molecule has 0 bridgehead atoms. The third kappa shape index (κ3) is 3.27. The zero-order valence-electron chi connectivity index (χ0n) is 10.1. The second kappa shape index (κ2) is 5.28. The Morgan fingerprint density at radius 1 is 0.824 bits per heavy atom.